The summed E-state index contributed by atoms with van der Waals surface area (Å²) in [5.74, 6) is 0. The molecule has 3 rings (SSSR count). The quantitative estimate of drug-likeness (QED) is 0.705. The fraction of sp³-hybridized carbons (Fsp3) is 0.500. The van der Waals surface area contributed by atoms with Crippen molar-refractivity contribution in [2.24, 2.45) is 0 Å². The van der Waals surface area contributed by atoms with Gasteiger partial charge in [0.25, 0.3) is 0 Å². The Hall–Kier alpha value is -0.730. The summed E-state index contributed by atoms with van der Waals surface area (Å²) in [4.78, 5) is 0. The molecule has 0 aromatic heterocycles. The van der Waals surface area contributed by atoms with Gasteiger partial charge in [-0.3, -0.25) is 0 Å². The molecule has 0 saturated carbocycles. The van der Waals surface area contributed by atoms with Crippen LogP contribution >= 0.6 is 11.6 Å². The summed E-state index contributed by atoms with van der Waals surface area (Å²) < 4.78 is 0. The van der Waals surface area contributed by atoms with Gasteiger partial charge in [-0.2, -0.15) is 0 Å². The Morgan fingerprint density at radius 3 is 2.87 bits per heavy atom. The summed E-state index contributed by atoms with van der Waals surface area (Å²) in [6.45, 7) is 3.31. The largest absolute Gasteiger partial charge is 0.385 e. The van der Waals surface area contributed by atoms with Crippen LogP contribution in [0, 0.1) is 0 Å². The molecule has 1 aromatic carbocycles. The van der Waals surface area contributed by atoms with E-state index in [1.807, 2.05) is 6.07 Å². The lowest BCUT2D eigenvalue weighted by Crippen LogP contribution is -2.35. The average Bonchev–Trinajstić information content (AvgIpc) is 2.69. The fourth-order valence-corrected chi connectivity index (χ4v) is 3.04. The van der Waals surface area contributed by atoms with Crippen molar-refractivity contribution in [2.45, 2.75) is 18.3 Å². The molecule has 1 saturated heterocycles. The topological polar surface area (TPSA) is 24.1 Å². The lowest BCUT2D eigenvalue weighted by molar-refractivity contribution is 0.434. The maximum absolute atomic E-state index is 6.09. The molecule has 1 atom stereocenters. The molecule has 15 heavy (non-hydrogen) atoms. The zero-order valence-corrected chi connectivity index (χ0v) is 9.40. The molecule has 0 bridgehead atoms. The Labute approximate surface area is 95.0 Å². The molecule has 0 amide bonds. The van der Waals surface area contributed by atoms with Crippen LogP contribution in [0.5, 0.6) is 0 Å². The highest BCUT2D eigenvalue weighted by molar-refractivity contribution is 6.30. The molecule has 2 aliphatic heterocycles. The Balaban J connectivity index is 2.12. The van der Waals surface area contributed by atoms with E-state index < -0.39 is 0 Å². The van der Waals surface area contributed by atoms with Crippen molar-refractivity contribution in [1.29, 1.82) is 0 Å². The molecule has 1 spiro atoms. The number of halogens is 1. The smallest absolute Gasteiger partial charge is 0.0410 e. The standard InChI is InChI=1S/C12H15ClN2/c13-9-1-2-11-10(7-9)12(4-6-15-11)3-5-14-8-12/h1-2,7,14-15H,3-6,8H2. The molecule has 2 N–H and O–H groups in total. The van der Waals surface area contributed by atoms with Crippen LogP contribution in [-0.4, -0.2) is 19.6 Å². The molecule has 2 heterocycles. The third kappa shape index (κ3) is 1.44. The number of fused-ring (bicyclic) bond motifs is 2. The van der Waals surface area contributed by atoms with Gasteiger partial charge in [-0.25, -0.2) is 0 Å². The van der Waals surface area contributed by atoms with Crippen molar-refractivity contribution in [3.8, 4) is 0 Å². The minimum Gasteiger partial charge on any atom is -0.385 e. The Morgan fingerprint density at radius 2 is 2.07 bits per heavy atom. The number of hydrogen-bond acceptors (Lipinski definition) is 2. The second kappa shape index (κ2) is 3.39. The molecule has 1 fully saturated rings. The van der Waals surface area contributed by atoms with Crippen LogP contribution in [0.4, 0.5) is 5.69 Å². The van der Waals surface area contributed by atoms with Crippen LogP contribution < -0.4 is 10.6 Å². The molecular formula is C12H15ClN2. The first-order valence-corrected chi connectivity index (χ1v) is 5.93. The average molecular weight is 223 g/mol. The van der Waals surface area contributed by atoms with Gasteiger partial charge in [-0.05, 0) is 43.1 Å². The van der Waals surface area contributed by atoms with Crippen LogP contribution in [0.3, 0.4) is 0 Å². The normalized spacial score (nSPS) is 28.9. The van der Waals surface area contributed by atoms with Gasteiger partial charge in [0.2, 0.25) is 0 Å². The Bertz CT molecular complexity index is 383. The van der Waals surface area contributed by atoms with Crippen molar-refractivity contribution in [3.63, 3.8) is 0 Å². The van der Waals surface area contributed by atoms with Gasteiger partial charge in [-0.15, -0.1) is 0 Å². The predicted octanol–water partition coefficient (Wildman–Crippen LogP) is 2.39. The third-order valence-corrected chi connectivity index (χ3v) is 3.95. The van der Waals surface area contributed by atoms with Gasteiger partial charge >= 0.3 is 0 Å². The number of nitrogens with one attached hydrogen (secondary N) is 2. The van der Waals surface area contributed by atoms with E-state index in [1.54, 1.807) is 0 Å². The first-order chi connectivity index (χ1) is 7.30. The summed E-state index contributed by atoms with van der Waals surface area (Å²) >= 11 is 6.09. The molecule has 80 valence electrons. The number of benzene rings is 1. The zero-order valence-electron chi connectivity index (χ0n) is 8.65. The molecule has 2 aliphatic rings. The van der Waals surface area contributed by atoms with E-state index in [1.165, 1.54) is 24.1 Å². The molecule has 1 unspecified atom stereocenters. The van der Waals surface area contributed by atoms with E-state index in [0.29, 0.717) is 5.41 Å². The molecule has 0 aliphatic carbocycles. The second-order valence-electron chi connectivity index (χ2n) is 4.57. The van der Waals surface area contributed by atoms with Gasteiger partial charge in [-0.1, -0.05) is 11.6 Å². The fourth-order valence-electron chi connectivity index (χ4n) is 2.87. The lowest BCUT2D eigenvalue weighted by atomic mass is 9.74. The van der Waals surface area contributed by atoms with Crippen LogP contribution in [0.2, 0.25) is 5.02 Å². The highest BCUT2D eigenvalue weighted by atomic mass is 35.5. The highest BCUT2D eigenvalue weighted by Gasteiger charge is 2.39. The molecule has 2 nitrogen and oxygen atoms in total. The summed E-state index contributed by atoms with van der Waals surface area (Å²) in [6, 6.07) is 6.21. The van der Waals surface area contributed by atoms with E-state index in [0.717, 1.165) is 24.7 Å². The predicted molar refractivity (Wildman–Crippen MR) is 63.7 cm³/mol. The number of hydrogen-bond donors (Lipinski definition) is 2. The maximum Gasteiger partial charge on any atom is 0.0410 e. The van der Waals surface area contributed by atoms with E-state index >= 15 is 0 Å². The minimum absolute atomic E-state index is 0.339. The van der Waals surface area contributed by atoms with Crippen LogP contribution in [0.15, 0.2) is 18.2 Å². The molecule has 1 aromatic rings. The van der Waals surface area contributed by atoms with Crippen molar-refractivity contribution in [3.05, 3.63) is 28.8 Å². The van der Waals surface area contributed by atoms with E-state index in [2.05, 4.69) is 22.8 Å². The van der Waals surface area contributed by atoms with Gasteiger partial charge in [0.05, 0.1) is 0 Å². The Morgan fingerprint density at radius 1 is 1.20 bits per heavy atom. The van der Waals surface area contributed by atoms with E-state index in [4.69, 9.17) is 11.6 Å². The van der Waals surface area contributed by atoms with E-state index in [-0.39, 0.29) is 0 Å². The SMILES string of the molecule is Clc1ccc2c(c1)C1(CCNC1)CCN2. The molecule has 0 radical (unpaired) electrons. The first kappa shape index (κ1) is 9.49. The van der Waals surface area contributed by atoms with Crippen molar-refractivity contribution in [2.75, 3.05) is 25.0 Å². The highest BCUT2D eigenvalue weighted by Crippen LogP contribution is 2.42. The first-order valence-electron chi connectivity index (χ1n) is 5.55. The van der Waals surface area contributed by atoms with Gasteiger partial charge in [0, 0.05) is 29.2 Å². The monoisotopic (exact) mass is 222 g/mol. The maximum atomic E-state index is 6.09. The zero-order chi connectivity index (χ0) is 10.3. The Kier molecular flexibility index (Phi) is 2.15. The van der Waals surface area contributed by atoms with Crippen LogP contribution in [0.25, 0.3) is 0 Å². The van der Waals surface area contributed by atoms with Gasteiger partial charge in [0.15, 0.2) is 0 Å². The summed E-state index contributed by atoms with van der Waals surface area (Å²) in [5, 5.41) is 7.78. The number of rotatable bonds is 0. The lowest BCUT2D eigenvalue weighted by Gasteiger charge is -2.36. The summed E-state index contributed by atoms with van der Waals surface area (Å²) in [6.07, 6.45) is 2.45. The van der Waals surface area contributed by atoms with Crippen molar-refractivity contribution in [1.82, 2.24) is 5.32 Å². The second-order valence-corrected chi connectivity index (χ2v) is 5.01. The molecule has 3 heteroatoms. The van der Waals surface area contributed by atoms with Crippen molar-refractivity contribution < 1.29 is 0 Å². The van der Waals surface area contributed by atoms with Gasteiger partial charge in [0.1, 0.15) is 0 Å². The minimum atomic E-state index is 0.339. The van der Waals surface area contributed by atoms with Gasteiger partial charge < -0.3 is 10.6 Å². The van der Waals surface area contributed by atoms with Crippen LogP contribution in [0.1, 0.15) is 18.4 Å². The van der Waals surface area contributed by atoms with Crippen molar-refractivity contribution >= 4 is 17.3 Å². The third-order valence-electron chi connectivity index (χ3n) is 3.72. The van der Waals surface area contributed by atoms with Crippen LogP contribution in [-0.2, 0) is 5.41 Å². The summed E-state index contributed by atoms with van der Waals surface area (Å²) in [7, 11) is 0. The molecular weight excluding hydrogens is 208 g/mol. The van der Waals surface area contributed by atoms with E-state index in [9.17, 15) is 0 Å². The number of anilines is 1. The summed E-state index contributed by atoms with van der Waals surface area (Å²) in [5.41, 5.74) is 3.02.